The summed E-state index contributed by atoms with van der Waals surface area (Å²) >= 11 is 3.46. The summed E-state index contributed by atoms with van der Waals surface area (Å²) in [7, 11) is 0. The van der Waals surface area contributed by atoms with E-state index in [4.69, 9.17) is 5.84 Å². The molecule has 0 saturated heterocycles. The smallest absolute Gasteiger partial charge is 0.128 e. The van der Waals surface area contributed by atoms with Gasteiger partial charge in [0.25, 0.3) is 0 Å². The molecule has 106 valence electrons. The van der Waals surface area contributed by atoms with Crippen molar-refractivity contribution in [2.24, 2.45) is 5.84 Å². The zero-order chi connectivity index (χ0) is 14.8. The largest absolute Gasteiger partial charge is 0.271 e. The molecule has 0 aliphatic rings. The van der Waals surface area contributed by atoms with Crippen molar-refractivity contribution in [1.29, 1.82) is 0 Å². The number of hydrogen-bond donors (Lipinski definition) is 2. The van der Waals surface area contributed by atoms with E-state index in [-0.39, 0.29) is 11.9 Å². The molecule has 21 heavy (non-hydrogen) atoms. The lowest BCUT2D eigenvalue weighted by Gasteiger charge is -2.18. The highest BCUT2D eigenvalue weighted by molar-refractivity contribution is 9.10. The molecule has 0 aliphatic carbocycles. The van der Waals surface area contributed by atoms with Crippen molar-refractivity contribution >= 4 is 26.7 Å². The molecule has 3 aromatic rings. The maximum atomic E-state index is 14.0. The van der Waals surface area contributed by atoms with Gasteiger partial charge in [-0.05, 0) is 40.6 Å². The molecule has 1 unspecified atom stereocenters. The van der Waals surface area contributed by atoms with Crippen molar-refractivity contribution in [3.05, 3.63) is 82.1 Å². The number of nitrogens with one attached hydrogen (secondary N) is 1. The molecule has 0 amide bonds. The van der Waals surface area contributed by atoms with Crippen molar-refractivity contribution < 1.29 is 4.39 Å². The summed E-state index contributed by atoms with van der Waals surface area (Å²) in [5.74, 6) is 5.38. The first kappa shape index (κ1) is 14.2. The molecule has 0 aromatic heterocycles. The average Bonchev–Trinajstić information content (AvgIpc) is 2.50. The van der Waals surface area contributed by atoms with E-state index in [1.54, 1.807) is 18.2 Å². The first-order valence-electron chi connectivity index (χ1n) is 6.59. The van der Waals surface area contributed by atoms with Crippen molar-refractivity contribution in [3.63, 3.8) is 0 Å². The number of hydrogen-bond acceptors (Lipinski definition) is 2. The van der Waals surface area contributed by atoms with E-state index in [9.17, 15) is 4.39 Å². The Morgan fingerprint density at radius 2 is 1.67 bits per heavy atom. The van der Waals surface area contributed by atoms with Gasteiger partial charge in [0.2, 0.25) is 0 Å². The fourth-order valence-electron chi connectivity index (χ4n) is 2.49. The Labute approximate surface area is 130 Å². The van der Waals surface area contributed by atoms with Crippen LogP contribution in [0.1, 0.15) is 17.2 Å². The lowest BCUT2D eigenvalue weighted by Crippen LogP contribution is -2.29. The van der Waals surface area contributed by atoms with Gasteiger partial charge in [-0.3, -0.25) is 5.84 Å². The molecule has 3 rings (SSSR count). The monoisotopic (exact) mass is 344 g/mol. The average molecular weight is 345 g/mol. The van der Waals surface area contributed by atoms with E-state index in [1.165, 1.54) is 6.07 Å². The fourth-order valence-corrected chi connectivity index (χ4v) is 2.87. The van der Waals surface area contributed by atoms with Crippen LogP contribution in [-0.2, 0) is 0 Å². The lowest BCUT2D eigenvalue weighted by molar-refractivity contribution is 0.560. The Kier molecular flexibility index (Phi) is 4.01. The Hall–Kier alpha value is -1.75. The van der Waals surface area contributed by atoms with E-state index in [2.05, 4.69) is 21.4 Å². The quantitative estimate of drug-likeness (QED) is 0.549. The molecule has 0 radical (unpaired) electrons. The predicted molar refractivity (Wildman–Crippen MR) is 87.2 cm³/mol. The van der Waals surface area contributed by atoms with E-state index in [1.807, 2.05) is 36.4 Å². The van der Waals surface area contributed by atoms with Crippen molar-refractivity contribution in [2.75, 3.05) is 0 Å². The molecule has 0 fully saturated rings. The van der Waals surface area contributed by atoms with Crippen LogP contribution in [0.2, 0.25) is 0 Å². The minimum atomic E-state index is -0.376. The van der Waals surface area contributed by atoms with Crippen LogP contribution >= 0.6 is 15.9 Å². The zero-order valence-corrected chi connectivity index (χ0v) is 12.8. The lowest BCUT2D eigenvalue weighted by atomic mass is 9.96. The molecule has 3 N–H and O–H groups in total. The summed E-state index contributed by atoms with van der Waals surface area (Å²) in [6.45, 7) is 0. The fraction of sp³-hybridized carbons (Fsp3) is 0.0588. The van der Waals surface area contributed by atoms with Crippen molar-refractivity contribution in [3.8, 4) is 0 Å². The number of nitrogens with two attached hydrogens (primary N) is 1. The second kappa shape index (κ2) is 5.93. The van der Waals surface area contributed by atoms with Crippen LogP contribution in [0.25, 0.3) is 10.8 Å². The molecular weight excluding hydrogens is 331 g/mol. The number of hydrazine groups is 1. The van der Waals surface area contributed by atoms with Crippen LogP contribution in [0.15, 0.2) is 65.1 Å². The third kappa shape index (κ3) is 2.83. The van der Waals surface area contributed by atoms with Crippen LogP contribution in [-0.4, -0.2) is 0 Å². The Morgan fingerprint density at radius 3 is 2.43 bits per heavy atom. The van der Waals surface area contributed by atoms with Gasteiger partial charge in [-0.1, -0.05) is 52.3 Å². The zero-order valence-electron chi connectivity index (χ0n) is 11.2. The third-order valence-corrected chi connectivity index (χ3v) is 4.04. The molecule has 2 nitrogen and oxygen atoms in total. The Morgan fingerprint density at radius 1 is 0.952 bits per heavy atom. The summed E-state index contributed by atoms with van der Waals surface area (Å²) in [4.78, 5) is 0. The molecule has 0 saturated carbocycles. The van der Waals surface area contributed by atoms with Gasteiger partial charge in [-0.2, -0.15) is 0 Å². The second-order valence-electron chi connectivity index (χ2n) is 4.87. The van der Waals surface area contributed by atoms with E-state index in [0.29, 0.717) is 5.56 Å². The van der Waals surface area contributed by atoms with Crippen LogP contribution in [0.5, 0.6) is 0 Å². The van der Waals surface area contributed by atoms with Crippen LogP contribution in [0.4, 0.5) is 4.39 Å². The summed E-state index contributed by atoms with van der Waals surface area (Å²) in [6.07, 6.45) is 0. The van der Waals surface area contributed by atoms with Gasteiger partial charge in [0.1, 0.15) is 5.82 Å². The number of halogens is 2. The van der Waals surface area contributed by atoms with E-state index in [0.717, 1.165) is 20.8 Å². The highest BCUT2D eigenvalue weighted by atomic mass is 79.9. The minimum absolute atomic E-state index is 0.267. The van der Waals surface area contributed by atoms with Crippen molar-refractivity contribution in [1.82, 2.24) is 5.43 Å². The standard InChI is InChI=1S/C17H14BrFN2/c18-14-8-7-11-9-13(6-5-12(11)10-14)17(21-20)15-3-1-2-4-16(15)19/h1-10,17,21H,20H2. The highest BCUT2D eigenvalue weighted by Gasteiger charge is 2.16. The predicted octanol–water partition coefficient (Wildman–Crippen LogP) is 4.29. The van der Waals surface area contributed by atoms with Gasteiger partial charge >= 0.3 is 0 Å². The first-order chi connectivity index (χ1) is 10.2. The summed E-state index contributed by atoms with van der Waals surface area (Å²) in [6, 6.07) is 18.4. The normalized spacial score (nSPS) is 12.5. The summed E-state index contributed by atoms with van der Waals surface area (Å²) in [5, 5.41) is 2.21. The SMILES string of the molecule is NNC(c1ccc2cc(Br)ccc2c1)c1ccccc1F. The molecule has 0 spiro atoms. The first-order valence-corrected chi connectivity index (χ1v) is 7.38. The second-order valence-corrected chi connectivity index (χ2v) is 5.79. The Bertz CT molecular complexity index is 789. The van der Waals surface area contributed by atoms with Gasteiger partial charge in [-0.25, -0.2) is 9.82 Å². The molecule has 4 heteroatoms. The topological polar surface area (TPSA) is 38.0 Å². The maximum Gasteiger partial charge on any atom is 0.128 e. The molecule has 0 bridgehead atoms. The van der Waals surface area contributed by atoms with E-state index < -0.39 is 0 Å². The summed E-state index contributed by atoms with van der Waals surface area (Å²) < 4.78 is 15.0. The van der Waals surface area contributed by atoms with Gasteiger partial charge in [0.05, 0.1) is 6.04 Å². The number of rotatable bonds is 3. The number of fused-ring (bicyclic) bond motifs is 1. The molecule has 0 aliphatic heterocycles. The molecular formula is C17H14BrFN2. The van der Waals surface area contributed by atoms with Gasteiger partial charge in [0, 0.05) is 10.0 Å². The Balaban J connectivity index is 2.09. The van der Waals surface area contributed by atoms with Crippen LogP contribution in [0, 0.1) is 5.82 Å². The van der Waals surface area contributed by atoms with Gasteiger partial charge in [0.15, 0.2) is 0 Å². The molecule has 3 aromatic carbocycles. The molecule has 1 atom stereocenters. The number of benzene rings is 3. The maximum absolute atomic E-state index is 14.0. The highest BCUT2D eigenvalue weighted by Crippen LogP contribution is 2.27. The van der Waals surface area contributed by atoms with Gasteiger partial charge in [-0.15, -0.1) is 0 Å². The van der Waals surface area contributed by atoms with Gasteiger partial charge < -0.3 is 0 Å². The van der Waals surface area contributed by atoms with Crippen LogP contribution in [0.3, 0.4) is 0 Å². The van der Waals surface area contributed by atoms with Crippen LogP contribution < -0.4 is 11.3 Å². The molecule has 0 heterocycles. The van der Waals surface area contributed by atoms with Crippen molar-refractivity contribution in [2.45, 2.75) is 6.04 Å². The summed E-state index contributed by atoms with van der Waals surface area (Å²) in [5.41, 5.74) is 4.17. The third-order valence-electron chi connectivity index (χ3n) is 3.54. The van der Waals surface area contributed by atoms with E-state index >= 15 is 0 Å². The minimum Gasteiger partial charge on any atom is -0.271 e.